The molecule has 1 heterocycles. The number of nitrogens with one attached hydrogen (secondary N) is 1. The summed E-state index contributed by atoms with van der Waals surface area (Å²) in [5.41, 5.74) is 0.000687. The highest BCUT2D eigenvalue weighted by molar-refractivity contribution is 5.91. The van der Waals surface area contributed by atoms with Crippen molar-refractivity contribution in [2.45, 2.75) is 98.8 Å². The fourth-order valence-electron chi connectivity index (χ4n) is 4.20. The van der Waals surface area contributed by atoms with Gasteiger partial charge in [-0.25, -0.2) is 4.79 Å². The van der Waals surface area contributed by atoms with Crippen molar-refractivity contribution < 1.29 is 19.1 Å². The summed E-state index contributed by atoms with van der Waals surface area (Å²) in [5, 5.41) is 3.06. The molecule has 0 bridgehead atoms. The number of amides is 2. The van der Waals surface area contributed by atoms with E-state index in [1.54, 1.807) is 31.9 Å². The first-order chi connectivity index (χ1) is 14.7. The molecule has 184 valence electrons. The highest BCUT2D eigenvalue weighted by Gasteiger charge is 2.39. The van der Waals surface area contributed by atoms with Gasteiger partial charge < -0.3 is 15.0 Å². The van der Waals surface area contributed by atoms with Crippen LogP contribution in [0.3, 0.4) is 0 Å². The molecule has 1 rings (SSSR count). The number of rotatable bonds is 8. The molecule has 0 aromatic carbocycles. The lowest BCUT2D eigenvalue weighted by atomic mass is 9.84. The molecule has 1 fully saturated rings. The lowest BCUT2D eigenvalue weighted by molar-refractivity contribution is -0.142. The Kier molecular flexibility index (Phi) is 10.4. The number of piperidine rings is 1. The molecule has 7 nitrogen and oxygen atoms in total. The van der Waals surface area contributed by atoms with Crippen LogP contribution in [0.15, 0.2) is 11.6 Å². The smallest absolute Gasteiger partial charge is 0.333 e. The van der Waals surface area contributed by atoms with E-state index < -0.39 is 11.5 Å². The van der Waals surface area contributed by atoms with Crippen molar-refractivity contribution in [1.29, 1.82) is 0 Å². The van der Waals surface area contributed by atoms with Gasteiger partial charge in [-0.2, -0.15) is 0 Å². The molecule has 1 aliphatic heterocycles. The van der Waals surface area contributed by atoms with Crippen molar-refractivity contribution in [3.63, 3.8) is 0 Å². The van der Waals surface area contributed by atoms with Gasteiger partial charge in [0.2, 0.25) is 11.8 Å². The maximum absolute atomic E-state index is 13.6. The minimum atomic E-state index is -0.678. The Morgan fingerprint density at radius 3 is 2.31 bits per heavy atom. The van der Waals surface area contributed by atoms with Crippen LogP contribution in [0, 0.1) is 11.3 Å². The maximum Gasteiger partial charge on any atom is 0.333 e. The van der Waals surface area contributed by atoms with E-state index in [2.05, 4.69) is 17.1 Å². The van der Waals surface area contributed by atoms with E-state index >= 15 is 0 Å². The summed E-state index contributed by atoms with van der Waals surface area (Å²) in [7, 11) is 3.72. The van der Waals surface area contributed by atoms with Crippen molar-refractivity contribution in [2.24, 2.45) is 11.3 Å². The zero-order valence-corrected chi connectivity index (χ0v) is 21.8. The first-order valence-electron chi connectivity index (χ1n) is 11.9. The lowest BCUT2D eigenvalue weighted by Gasteiger charge is -2.40. The van der Waals surface area contributed by atoms with Crippen molar-refractivity contribution in [2.75, 3.05) is 20.7 Å². The molecule has 0 saturated carbocycles. The van der Waals surface area contributed by atoms with Crippen molar-refractivity contribution in [3.05, 3.63) is 11.6 Å². The number of nitrogens with zero attached hydrogens (tertiary/aromatic N) is 2. The SMILES string of the molecule is CCOC(=O)/C(C)=C/[C@H](C(C)C)N(C)C(=O)C(NC(=O)C1CCC[C@@H](C)N1C)C(C)(C)C. The van der Waals surface area contributed by atoms with E-state index in [0.29, 0.717) is 18.2 Å². The number of esters is 1. The first-order valence-corrected chi connectivity index (χ1v) is 11.9. The second kappa shape index (κ2) is 11.8. The molecule has 1 saturated heterocycles. The molecule has 0 aliphatic carbocycles. The predicted molar refractivity (Wildman–Crippen MR) is 128 cm³/mol. The zero-order valence-electron chi connectivity index (χ0n) is 21.8. The summed E-state index contributed by atoms with van der Waals surface area (Å²) < 4.78 is 5.09. The number of likely N-dealkylation sites (N-methyl/N-ethyl adjacent to an activating group) is 2. The molecular formula is C25H45N3O4. The Balaban J connectivity index is 3.12. The van der Waals surface area contributed by atoms with Gasteiger partial charge in [-0.15, -0.1) is 0 Å². The molecule has 32 heavy (non-hydrogen) atoms. The van der Waals surface area contributed by atoms with Crippen LogP contribution < -0.4 is 5.32 Å². The van der Waals surface area contributed by atoms with Gasteiger partial charge in [0.25, 0.3) is 0 Å². The van der Waals surface area contributed by atoms with E-state index in [-0.39, 0.29) is 35.8 Å². The van der Waals surface area contributed by atoms with Gasteiger partial charge >= 0.3 is 5.97 Å². The standard InChI is InChI=1S/C25H45N3O4/c1-11-32-24(31)17(4)15-20(16(2)3)28(10)23(30)21(25(6,7)8)26-22(29)19-14-12-13-18(5)27(19)9/h15-16,18-21H,11-14H2,1-10H3,(H,26,29)/b17-15+/t18-,19?,20-,21?/m1/s1. The third-order valence-electron chi connectivity index (χ3n) is 6.48. The average molecular weight is 452 g/mol. The van der Waals surface area contributed by atoms with Crippen molar-refractivity contribution in [1.82, 2.24) is 15.1 Å². The van der Waals surface area contributed by atoms with Gasteiger partial charge in [-0.3, -0.25) is 14.5 Å². The molecule has 2 unspecified atom stereocenters. The molecule has 1 N–H and O–H groups in total. The largest absolute Gasteiger partial charge is 0.463 e. The Labute approximate surface area is 194 Å². The van der Waals surface area contributed by atoms with Crippen molar-refractivity contribution in [3.8, 4) is 0 Å². The van der Waals surface area contributed by atoms with Crippen LogP contribution in [0.2, 0.25) is 0 Å². The average Bonchev–Trinajstić information content (AvgIpc) is 2.69. The highest BCUT2D eigenvalue weighted by Crippen LogP contribution is 2.26. The summed E-state index contributed by atoms with van der Waals surface area (Å²) in [6.45, 7) is 15.8. The molecule has 0 spiro atoms. The maximum atomic E-state index is 13.6. The van der Waals surface area contributed by atoms with Gasteiger partial charge in [0, 0.05) is 18.7 Å². The van der Waals surface area contributed by atoms with E-state index in [1.807, 2.05) is 41.7 Å². The summed E-state index contributed by atoms with van der Waals surface area (Å²) >= 11 is 0. The predicted octanol–water partition coefficient (Wildman–Crippen LogP) is 3.38. The molecule has 4 atom stereocenters. The van der Waals surface area contributed by atoms with Crippen LogP contribution >= 0.6 is 0 Å². The molecular weight excluding hydrogens is 406 g/mol. The van der Waals surface area contributed by atoms with Gasteiger partial charge in [-0.1, -0.05) is 40.7 Å². The zero-order chi connectivity index (χ0) is 24.8. The molecule has 1 aliphatic rings. The topological polar surface area (TPSA) is 79.0 Å². The van der Waals surface area contributed by atoms with Crippen LogP contribution in [0.25, 0.3) is 0 Å². The summed E-state index contributed by atoms with van der Waals surface area (Å²) in [4.78, 5) is 42.7. The summed E-state index contributed by atoms with van der Waals surface area (Å²) in [5.74, 6) is -0.562. The van der Waals surface area contributed by atoms with E-state index in [9.17, 15) is 14.4 Å². The highest BCUT2D eigenvalue weighted by atomic mass is 16.5. The number of carbonyl (C=O) groups excluding carboxylic acids is 3. The van der Waals surface area contributed by atoms with Crippen molar-refractivity contribution >= 4 is 17.8 Å². The molecule has 0 aromatic heterocycles. The van der Waals surface area contributed by atoms with E-state index in [4.69, 9.17) is 4.74 Å². The number of hydrogen-bond donors (Lipinski definition) is 1. The van der Waals surface area contributed by atoms with E-state index in [0.717, 1.165) is 19.3 Å². The van der Waals surface area contributed by atoms with Gasteiger partial charge in [0.15, 0.2) is 0 Å². The quantitative estimate of drug-likeness (QED) is 0.452. The molecule has 0 radical (unpaired) electrons. The van der Waals surface area contributed by atoms with Crippen LogP contribution in [0.4, 0.5) is 0 Å². The Morgan fingerprint density at radius 2 is 1.81 bits per heavy atom. The Hall–Kier alpha value is -1.89. The Bertz CT molecular complexity index is 696. The second-order valence-corrected chi connectivity index (χ2v) is 10.5. The van der Waals surface area contributed by atoms with Crippen LogP contribution in [-0.2, 0) is 19.1 Å². The van der Waals surface area contributed by atoms with Crippen LogP contribution in [0.1, 0.15) is 74.7 Å². The monoisotopic (exact) mass is 451 g/mol. The fraction of sp³-hybridized carbons (Fsp3) is 0.800. The van der Waals surface area contributed by atoms with Gasteiger partial charge in [0.1, 0.15) is 6.04 Å². The van der Waals surface area contributed by atoms with Gasteiger partial charge in [-0.05, 0) is 58.4 Å². The van der Waals surface area contributed by atoms with Gasteiger partial charge in [0.05, 0.1) is 18.7 Å². The summed E-state index contributed by atoms with van der Waals surface area (Å²) in [6.07, 6.45) is 4.67. The fourth-order valence-corrected chi connectivity index (χ4v) is 4.20. The minimum absolute atomic E-state index is 0.0787. The third-order valence-corrected chi connectivity index (χ3v) is 6.48. The summed E-state index contributed by atoms with van der Waals surface area (Å²) in [6, 6.07) is -0.866. The van der Waals surface area contributed by atoms with Crippen LogP contribution in [-0.4, -0.2) is 72.5 Å². The lowest BCUT2D eigenvalue weighted by Crippen LogP contribution is -2.60. The molecule has 0 aromatic rings. The molecule has 7 heteroatoms. The second-order valence-electron chi connectivity index (χ2n) is 10.5. The minimum Gasteiger partial charge on any atom is -0.463 e. The first kappa shape index (κ1) is 28.1. The third kappa shape index (κ3) is 7.32. The number of ether oxygens (including phenoxy) is 1. The number of likely N-dealkylation sites (tertiary alicyclic amines) is 1. The van der Waals surface area contributed by atoms with Crippen LogP contribution in [0.5, 0.6) is 0 Å². The Morgan fingerprint density at radius 1 is 1.22 bits per heavy atom. The van der Waals surface area contributed by atoms with E-state index in [1.165, 1.54) is 0 Å². The number of hydrogen-bond acceptors (Lipinski definition) is 5. The normalized spacial score (nSPS) is 22.3. The molecule has 2 amide bonds. The number of carbonyl (C=O) groups is 3.